The molecular weight excluding hydrogens is 180 g/mol. The van der Waals surface area contributed by atoms with Crippen LogP contribution in [0.25, 0.3) is 0 Å². The van der Waals surface area contributed by atoms with Crippen LogP contribution < -0.4 is 0 Å². The molecule has 14 heavy (non-hydrogen) atoms. The molecule has 0 aliphatic carbocycles. The summed E-state index contributed by atoms with van der Waals surface area (Å²) in [6.45, 7) is 0. The van der Waals surface area contributed by atoms with Crippen molar-refractivity contribution < 1.29 is 9.21 Å². The third-order valence-electron chi connectivity index (χ3n) is 1.76. The minimum absolute atomic E-state index is 0.105. The number of ketones is 1. The average molecular weight is 188 g/mol. The van der Waals surface area contributed by atoms with Crippen molar-refractivity contribution in [1.29, 1.82) is 0 Å². The molecule has 0 amide bonds. The van der Waals surface area contributed by atoms with Gasteiger partial charge in [-0.15, -0.1) is 0 Å². The summed E-state index contributed by atoms with van der Waals surface area (Å²) in [5, 5.41) is 0. The highest BCUT2D eigenvalue weighted by Crippen LogP contribution is 2.04. The molecule has 0 bridgehead atoms. The van der Waals surface area contributed by atoms with Crippen molar-refractivity contribution in [2.24, 2.45) is 0 Å². The highest BCUT2D eigenvalue weighted by molar-refractivity contribution is 5.93. The Balaban J connectivity index is 2.11. The van der Waals surface area contributed by atoms with Crippen LogP contribution in [-0.2, 0) is 6.42 Å². The lowest BCUT2D eigenvalue weighted by atomic mass is 10.1. The molecule has 0 atom stereocenters. The normalized spacial score (nSPS) is 10.0. The Morgan fingerprint density at radius 3 is 2.79 bits per heavy atom. The first-order chi connectivity index (χ1) is 6.86. The van der Waals surface area contributed by atoms with Crippen molar-refractivity contribution in [3.05, 3.63) is 48.4 Å². The molecule has 2 rings (SSSR count). The first-order valence-corrected chi connectivity index (χ1v) is 4.17. The summed E-state index contributed by atoms with van der Waals surface area (Å²) in [6.07, 6.45) is 6.46. The SMILES string of the molecule is O=C(Cc1ccoc1)c1ncccn1. The molecule has 0 radical (unpaired) electrons. The van der Waals surface area contributed by atoms with Gasteiger partial charge in [0.1, 0.15) is 0 Å². The molecule has 70 valence electrons. The van der Waals surface area contributed by atoms with Gasteiger partial charge in [-0.3, -0.25) is 4.79 Å². The molecule has 4 heteroatoms. The van der Waals surface area contributed by atoms with Gasteiger partial charge in [-0.1, -0.05) is 0 Å². The smallest absolute Gasteiger partial charge is 0.204 e. The van der Waals surface area contributed by atoms with Gasteiger partial charge >= 0.3 is 0 Å². The van der Waals surface area contributed by atoms with E-state index in [2.05, 4.69) is 9.97 Å². The summed E-state index contributed by atoms with van der Waals surface area (Å²) in [4.78, 5) is 19.3. The molecule has 0 fully saturated rings. The molecule has 2 aromatic rings. The maximum absolute atomic E-state index is 11.5. The van der Waals surface area contributed by atoms with Gasteiger partial charge in [0.15, 0.2) is 5.82 Å². The van der Waals surface area contributed by atoms with E-state index in [-0.39, 0.29) is 18.0 Å². The molecule has 0 aromatic carbocycles. The fourth-order valence-corrected chi connectivity index (χ4v) is 1.10. The van der Waals surface area contributed by atoms with Crippen molar-refractivity contribution in [1.82, 2.24) is 9.97 Å². The van der Waals surface area contributed by atoms with E-state index in [0.29, 0.717) is 0 Å². The zero-order valence-corrected chi connectivity index (χ0v) is 7.38. The van der Waals surface area contributed by atoms with E-state index < -0.39 is 0 Å². The van der Waals surface area contributed by atoms with Gasteiger partial charge in [0, 0.05) is 18.8 Å². The van der Waals surface area contributed by atoms with Crippen LogP contribution in [0.4, 0.5) is 0 Å². The van der Waals surface area contributed by atoms with Crippen LogP contribution in [0.5, 0.6) is 0 Å². The zero-order valence-electron chi connectivity index (χ0n) is 7.38. The first-order valence-electron chi connectivity index (χ1n) is 4.17. The van der Waals surface area contributed by atoms with Gasteiger partial charge in [-0.2, -0.15) is 0 Å². The second-order valence-electron chi connectivity index (χ2n) is 2.80. The Morgan fingerprint density at radius 1 is 1.36 bits per heavy atom. The molecule has 0 spiro atoms. The Morgan fingerprint density at radius 2 is 2.14 bits per heavy atom. The second-order valence-corrected chi connectivity index (χ2v) is 2.80. The lowest BCUT2D eigenvalue weighted by Crippen LogP contribution is -2.07. The van der Waals surface area contributed by atoms with Crippen LogP contribution in [-0.4, -0.2) is 15.8 Å². The summed E-state index contributed by atoms with van der Waals surface area (Å²) in [6, 6.07) is 3.43. The number of nitrogens with zero attached hydrogens (tertiary/aromatic N) is 2. The molecule has 4 nitrogen and oxygen atoms in total. The Hall–Kier alpha value is -1.97. The number of aromatic nitrogens is 2. The van der Waals surface area contributed by atoms with Crippen LogP contribution in [0, 0.1) is 0 Å². The number of hydrogen-bond donors (Lipinski definition) is 0. The number of furan rings is 1. The summed E-state index contributed by atoms with van der Waals surface area (Å²) in [5.74, 6) is 0.140. The number of carbonyl (C=O) groups is 1. The number of carbonyl (C=O) groups excluding carboxylic acids is 1. The van der Waals surface area contributed by atoms with Crippen LogP contribution in [0.1, 0.15) is 16.2 Å². The fraction of sp³-hybridized carbons (Fsp3) is 0.100. The predicted molar refractivity (Wildman–Crippen MR) is 48.8 cm³/mol. The molecule has 0 unspecified atom stereocenters. The highest BCUT2D eigenvalue weighted by atomic mass is 16.3. The van der Waals surface area contributed by atoms with Crippen LogP contribution in [0.15, 0.2) is 41.5 Å². The van der Waals surface area contributed by atoms with Gasteiger partial charge < -0.3 is 4.42 Å². The molecule has 0 N–H and O–H groups in total. The van der Waals surface area contributed by atoms with Crippen molar-refractivity contribution in [3.63, 3.8) is 0 Å². The number of rotatable bonds is 3. The molecule has 2 heterocycles. The maximum Gasteiger partial charge on any atom is 0.204 e. The summed E-state index contributed by atoms with van der Waals surface area (Å²) < 4.78 is 4.86. The van der Waals surface area contributed by atoms with Gasteiger partial charge in [-0.25, -0.2) is 9.97 Å². The lowest BCUT2D eigenvalue weighted by molar-refractivity contribution is 0.0983. The monoisotopic (exact) mass is 188 g/mol. The van der Waals surface area contributed by atoms with Gasteiger partial charge in [0.25, 0.3) is 0 Å². The topological polar surface area (TPSA) is 56.0 Å². The van der Waals surface area contributed by atoms with Crippen molar-refractivity contribution in [2.45, 2.75) is 6.42 Å². The summed E-state index contributed by atoms with van der Waals surface area (Å²) >= 11 is 0. The minimum Gasteiger partial charge on any atom is -0.472 e. The second kappa shape index (κ2) is 3.83. The fourth-order valence-electron chi connectivity index (χ4n) is 1.10. The van der Waals surface area contributed by atoms with Crippen LogP contribution >= 0.6 is 0 Å². The Labute approximate surface area is 80.6 Å². The summed E-state index contributed by atoms with van der Waals surface area (Å²) in [7, 11) is 0. The van der Waals surface area contributed by atoms with E-state index in [9.17, 15) is 4.79 Å². The Bertz CT molecular complexity index is 409. The van der Waals surface area contributed by atoms with E-state index >= 15 is 0 Å². The summed E-state index contributed by atoms with van der Waals surface area (Å²) in [5.41, 5.74) is 0.836. The molecule has 0 aliphatic rings. The van der Waals surface area contributed by atoms with E-state index in [1.54, 1.807) is 30.8 Å². The first kappa shape index (κ1) is 8.62. The van der Waals surface area contributed by atoms with Gasteiger partial charge in [0.05, 0.1) is 12.5 Å². The van der Waals surface area contributed by atoms with E-state index in [4.69, 9.17) is 4.42 Å². The number of hydrogen-bond acceptors (Lipinski definition) is 4. The molecule has 2 aromatic heterocycles. The van der Waals surface area contributed by atoms with Crippen molar-refractivity contribution in [2.75, 3.05) is 0 Å². The van der Waals surface area contributed by atoms with Crippen molar-refractivity contribution >= 4 is 5.78 Å². The maximum atomic E-state index is 11.5. The molecular formula is C10H8N2O2. The molecule has 0 saturated heterocycles. The standard InChI is InChI=1S/C10H8N2O2/c13-9(6-8-2-5-14-7-8)10-11-3-1-4-12-10/h1-5,7H,6H2. The highest BCUT2D eigenvalue weighted by Gasteiger charge is 2.09. The largest absolute Gasteiger partial charge is 0.472 e. The molecule has 0 aliphatic heterocycles. The van der Waals surface area contributed by atoms with E-state index in [1.165, 1.54) is 6.26 Å². The lowest BCUT2D eigenvalue weighted by Gasteiger charge is -1.95. The van der Waals surface area contributed by atoms with Crippen LogP contribution in [0.3, 0.4) is 0 Å². The Kier molecular flexibility index (Phi) is 2.36. The number of Topliss-reactive ketones (excluding diaryl/α,β-unsaturated/α-hetero) is 1. The van der Waals surface area contributed by atoms with Crippen molar-refractivity contribution in [3.8, 4) is 0 Å². The van der Waals surface area contributed by atoms with E-state index in [1.807, 2.05) is 0 Å². The van der Waals surface area contributed by atoms with Gasteiger partial charge in [-0.05, 0) is 17.7 Å². The van der Waals surface area contributed by atoms with Crippen LogP contribution in [0.2, 0.25) is 0 Å². The average Bonchev–Trinajstić information content (AvgIpc) is 2.72. The van der Waals surface area contributed by atoms with Gasteiger partial charge in [0.2, 0.25) is 5.78 Å². The minimum atomic E-state index is -0.105. The zero-order chi connectivity index (χ0) is 9.80. The molecule has 0 saturated carbocycles. The van der Waals surface area contributed by atoms with E-state index in [0.717, 1.165) is 5.56 Å². The predicted octanol–water partition coefficient (Wildman–Crippen LogP) is 1.49. The third-order valence-corrected chi connectivity index (χ3v) is 1.76. The third kappa shape index (κ3) is 1.85. The quantitative estimate of drug-likeness (QED) is 0.685.